The maximum Gasteiger partial charge on any atom is 0.287 e. The smallest absolute Gasteiger partial charge is 0.287 e. The van der Waals surface area contributed by atoms with E-state index in [2.05, 4.69) is 29.8 Å². The molecular weight excluding hydrogens is 495 g/mol. The van der Waals surface area contributed by atoms with E-state index in [0.29, 0.717) is 31.0 Å². The fourth-order valence-corrected chi connectivity index (χ4v) is 4.73. The first kappa shape index (κ1) is 25.0. The van der Waals surface area contributed by atoms with Gasteiger partial charge in [0.05, 0.1) is 12.4 Å². The first-order valence-electron chi connectivity index (χ1n) is 11.1. The van der Waals surface area contributed by atoms with Crippen LogP contribution in [0.4, 0.5) is 0 Å². The molecule has 170 valence electrons. The van der Waals surface area contributed by atoms with E-state index in [4.69, 9.17) is 14.1 Å². The number of furan rings is 1. The number of guanidine groups is 1. The molecule has 30 heavy (non-hydrogen) atoms. The average molecular weight is 532 g/mol. The molecule has 2 fully saturated rings. The van der Waals surface area contributed by atoms with Gasteiger partial charge in [0.15, 0.2) is 11.7 Å². The fraction of sp³-hybridized carbons (Fsp3) is 0.727. The van der Waals surface area contributed by atoms with Gasteiger partial charge in [0, 0.05) is 43.3 Å². The van der Waals surface area contributed by atoms with Gasteiger partial charge >= 0.3 is 0 Å². The molecule has 2 unspecified atom stereocenters. The molecule has 1 spiro atoms. The molecule has 2 atom stereocenters. The van der Waals surface area contributed by atoms with Crippen LogP contribution in [0.15, 0.2) is 21.7 Å². The van der Waals surface area contributed by atoms with Gasteiger partial charge in [-0.05, 0) is 52.5 Å². The number of ether oxygens (including phenoxy) is 1. The van der Waals surface area contributed by atoms with Crippen molar-refractivity contribution in [2.24, 2.45) is 10.4 Å². The first-order chi connectivity index (χ1) is 14.1. The van der Waals surface area contributed by atoms with Crippen LogP contribution in [0.5, 0.6) is 0 Å². The minimum absolute atomic E-state index is 0. The molecule has 0 aliphatic heterocycles. The summed E-state index contributed by atoms with van der Waals surface area (Å²) in [6, 6.07) is 2.22. The topological polar surface area (TPSA) is 87.9 Å². The van der Waals surface area contributed by atoms with Crippen molar-refractivity contribution < 1.29 is 13.9 Å². The lowest BCUT2D eigenvalue weighted by atomic mass is 9.60. The van der Waals surface area contributed by atoms with Crippen LogP contribution in [0, 0.1) is 12.3 Å². The molecule has 0 radical (unpaired) electrons. The van der Waals surface area contributed by atoms with E-state index < -0.39 is 0 Å². The molecular formula is C22H37IN4O3. The van der Waals surface area contributed by atoms with Crippen molar-refractivity contribution in [3.05, 3.63) is 23.7 Å². The van der Waals surface area contributed by atoms with Crippen LogP contribution in [-0.2, 0) is 4.74 Å². The van der Waals surface area contributed by atoms with Gasteiger partial charge in [-0.1, -0.05) is 12.8 Å². The van der Waals surface area contributed by atoms with E-state index in [9.17, 15) is 4.79 Å². The van der Waals surface area contributed by atoms with E-state index in [0.717, 1.165) is 37.5 Å². The summed E-state index contributed by atoms with van der Waals surface area (Å²) in [7, 11) is 0. The zero-order chi connectivity index (χ0) is 20.7. The summed E-state index contributed by atoms with van der Waals surface area (Å²) in [6.07, 6.45) is 8.83. The highest BCUT2D eigenvalue weighted by Gasteiger charge is 2.56. The molecule has 2 saturated carbocycles. The number of nitrogens with zero attached hydrogens (tertiary/aromatic N) is 1. The van der Waals surface area contributed by atoms with Gasteiger partial charge in [0.25, 0.3) is 5.91 Å². The largest absolute Gasteiger partial charge is 0.459 e. The number of halogens is 1. The minimum Gasteiger partial charge on any atom is -0.459 e. The van der Waals surface area contributed by atoms with Crippen LogP contribution in [0.3, 0.4) is 0 Å². The predicted molar refractivity (Wildman–Crippen MR) is 130 cm³/mol. The van der Waals surface area contributed by atoms with Gasteiger partial charge in [-0.15, -0.1) is 24.0 Å². The van der Waals surface area contributed by atoms with Crippen molar-refractivity contribution in [2.45, 2.75) is 71.4 Å². The van der Waals surface area contributed by atoms with Gasteiger partial charge in [-0.2, -0.15) is 0 Å². The average Bonchev–Trinajstić information content (AvgIpc) is 3.37. The standard InChI is InChI=1S/C22H36N4O3.HI/c1-4-23-21(25-13-8-12-24-20(27)19-16(3)9-14-29-19)26-17-15-18(28-5-2)22(17)10-6-7-11-22;/h9,14,17-18H,4-8,10-13,15H2,1-3H3,(H,24,27)(H2,23,25,26);1H. The van der Waals surface area contributed by atoms with Gasteiger partial charge in [-0.25, -0.2) is 0 Å². The molecule has 2 aliphatic rings. The third kappa shape index (κ3) is 5.69. The maximum atomic E-state index is 12.1. The summed E-state index contributed by atoms with van der Waals surface area (Å²) in [6.45, 7) is 8.87. The van der Waals surface area contributed by atoms with E-state index in [1.165, 1.54) is 31.9 Å². The summed E-state index contributed by atoms with van der Waals surface area (Å²) in [5.74, 6) is 1.09. The fourth-order valence-electron chi connectivity index (χ4n) is 4.73. The third-order valence-electron chi connectivity index (χ3n) is 6.30. The number of amides is 1. The molecule has 1 aromatic rings. The second kappa shape index (κ2) is 11.9. The van der Waals surface area contributed by atoms with E-state index in [1.807, 2.05) is 6.92 Å². The Balaban J connectivity index is 0.00000320. The molecule has 1 aromatic heterocycles. The van der Waals surface area contributed by atoms with E-state index in [-0.39, 0.29) is 35.3 Å². The first-order valence-corrected chi connectivity index (χ1v) is 11.1. The Hall–Kier alpha value is -1.29. The molecule has 3 N–H and O–H groups in total. The zero-order valence-corrected chi connectivity index (χ0v) is 20.8. The zero-order valence-electron chi connectivity index (χ0n) is 18.5. The van der Waals surface area contributed by atoms with Crippen LogP contribution in [0.2, 0.25) is 0 Å². The number of nitrogens with one attached hydrogen (secondary N) is 3. The van der Waals surface area contributed by atoms with Crippen molar-refractivity contribution in [1.82, 2.24) is 16.0 Å². The Morgan fingerprint density at radius 1 is 1.30 bits per heavy atom. The lowest BCUT2D eigenvalue weighted by Gasteiger charge is -2.54. The Kier molecular flexibility index (Phi) is 9.93. The van der Waals surface area contributed by atoms with Crippen molar-refractivity contribution >= 4 is 35.8 Å². The van der Waals surface area contributed by atoms with Crippen molar-refractivity contribution in [2.75, 3.05) is 26.2 Å². The summed E-state index contributed by atoms with van der Waals surface area (Å²) in [5.41, 5.74) is 1.13. The molecule has 1 heterocycles. The SMILES string of the molecule is CCNC(=NCCCNC(=O)c1occc1C)NC1CC(OCC)C12CCCC2.I. The number of rotatable bonds is 9. The minimum atomic E-state index is -0.166. The Morgan fingerprint density at radius 3 is 2.70 bits per heavy atom. The second-order valence-corrected chi connectivity index (χ2v) is 8.12. The van der Waals surface area contributed by atoms with E-state index >= 15 is 0 Å². The Labute approximate surface area is 197 Å². The molecule has 2 aliphatic carbocycles. The Morgan fingerprint density at radius 2 is 2.07 bits per heavy atom. The molecule has 7 nitrogen and oxygen atoms in total. The summed E-state index contributed by atoms with van der Waals surface area (Å²) in [4.78, 5) is 16.8. The number of hydrogen-bond acceptors (Lipinski definition) is 4. The van der Waals surface area contributed by atoms with Gasteiger partial charge in [0.1, 0.15) is 0 Å². The molecule has 0 aromatic carbocycles. The highest BCUT2D eigenvalue weighted by atomic mass is 127. The summed E-state index contributed by atoms with van der Waals surface area (Å²) < 4.78 is 11.2. The van der Waals surface area contributed by atoms with Crippen molar-refractivity contribution in [3.8, 4) is 0 Å². The molecule has 8 heteroatoms. The number of aryl methyl sites for hydroxylation is 1. The van der Waals surface area contributed by atoms with E-state index in [1.54, 1.807) is 6.07 Å². The summed E-state index contributed by atoms with van der Waals surface area (Å²) in [5, 5.41) is 9.92. The highest BCUT2D eigenvalue weighted by molar-refractivity contribution is 14.0. The lowest BCUT2D eigenvalue weighted by molar-refractivity contribution is -0.125. The third-order valence-corrected chi connectivity index (χ3v) is 6.30. The number of hydrogen-bond donors (Lipinski definition) is 3. The molecule has 3 rings (SSSR count). The number of carbonyl (C=O) groups excluding carboxylic acids is 1. The van der Waals surface area contributed by atoms with Crippen molar-refractivity contribution in [1.29, 1.82) is 0 Å². The van der Waals surface area contributed by atoms with Crippen LogP contribution >= 0.6 is 24.0 Å². The monoisotopic (exact) mass is 532 g/mol. The van der Waals surface area contributed by atoms with Gasteiger partial charge in [0.2, 0.25) is 0 Å². The van der Waals surface area contributed by atoms with Gasteiger partial charge < -0.3 is 25.1 Å². The highest BCUT2D eigenvalue weighted by Crippen LogP contribution is 2.54. The molecule has 1 amide bonds. The number of aliphatic imine (C=N–C) groups is 1. The molecule has 0 saturated heterocycles. The lowest BCUT2D eigenvalue weighted by Crippen LogP contribution is -2.65. The van der Waals surface area contributed by atoms with Crippen LogP contribution in [0.1, 0.15) is 68.5 Å². The molecule has 0 bridgehead atoms. The van der Waals surface area contributed by atoms with Crippen LogP contribution in [-0.4, -0.2) is 50.3 Å². The van der Waals surface area contributed by atoms with Gasteiger partial charge in [-0.3, -0.25) is 9.79 Å². The maximum absolute atomic E-state index is 12.1. The normalized spacial score (nSPS) is 22.3. The van der Waals surface area contributed by atoms with Crippen molar-refractivity contribution in [3.63, 3.8) is 0 Å². The number of carbonyl (C=O) groups is 1. The second-order valence-electron chi connectivity index (χ2n) is 8.12. The predicted octanol–water partition coefficient (Wildman–Crippen LogP) is 3.62. The van der Waals surface area contributed by atoms with Crippen LogP contribution in [0.25, 0.3) is 0 Å². The van der Waals surface area contributed by atoms with Crippen LogP contribution < -0.4 is 16.0 Å². The Bertz CT molecular complexity index is 700. The summed E-state index contributed by atoms with van der Waals surface area (Å²) >= 11 is 0. The quantitative estimate of drug-likeness (QED) is 0.196.